The Labute approximate surface area is 165 Å². The van der Waals surface area contributed by atoms with Gasteiger partial charge in [0.15, 0.2) is 0 Å². The summed E-state index contributed by atoms with van der Waals surface area (Å²) in [5.41, 5.74) is 1.69. The molecule has 1 aliphatic heterocycles. The Morgan fingerprint density at radius 1 is 0.929 bits per heavy atom. The van der Waals surface area contributed by atoms with Crippen molar-refractivity contribution in [1.29, 1.82) is 0 Å². The van der Waals surface area contributed by atoms with Gasteiger partial charge >= 0.3 is 0 Å². The van der Waals surface area contributed by atoms with E-state index in [1.165, 1.54) is 0 Å². The van der Waals surface area contributed by atoms with Gasteiger partial charge in [-0.05, 0) is 29.8 Å². The first-order valence-electron chi connectivity index (χ1n) is 9.57. The average Bonchev–Trinajstić information content (AvgIpc) is 2.72. The van der Waals surface area contributed by atoms with Crippen LogP contribution in [0.1, 0.15) is 16.1 Å². The number of nitrogens with zero attached hydrogens (tertiary/aromatic N) is 5. The molecule has 6 nitrogen and oxygen atoms in total. The van der Waals surface area contributed by atoms with Crippen LogP contribution in [0.15, 0.2) is 48.5 Å². The van der Waals surface area contributed by atoms with Crippen LogP contribution in [0, 0.1) is 6.92 Å². The highest BCUT2D eigenvalue weighted by molar-refractivity contribution is 5.98. The van der Waals surface area contributed by atoms with E-state index < -0.39 is 0 Å². The molecule has 2 aromatic carbocycles. The van der Waals surface area contributed by atoms with Gasteiger partial charge in [-0.1, -0.05) is 30.3 Å². The second-order valence-electron chi connectivity index (χ2n) is 7.40. The second kappa shape index (κ2) is 7.46. The SMILES string of the molecule is Cc1cc(N(C)C)nc(N2CCN(C(=O)c3ccc4ccccc4c3)CC2)n1. The average molecular weight is 375 g/mol. The van der Waals surface area contributed by atoms with Crippen LogP contribution in [0.3, 0.4) is 0 Å². The molecule has 0 spiro atoms. The van der Waals surface area contributed by atoms with E-state index in [4.69, 9.17) is 0 Å². The van der Waals surface area contributed by atoms with Crippen molar-refractivity contribution in [3.05, 3.63) is 59.8 Å². The monoisotopic (exact) mass is 375 g/mol. The normalized spacial score (nSPS) is 14.4. The van der Waals surface area contributed by atoms with Gasteiger partial charge in [0, 0.05) is 57.6 Å². The molecule has 1 aliphatic rings. The molecule has 1 fully saturated rings. The maximum absolute atomic E-state index is 13.0. The summed E-state index contributed by atoms with van der Waals surface area (Å²) in [7, 11) is 3.96. The number of aromatic nitrogens is 2. The molecule has 4 rings (SSSR count). The number of hydrogen-bond acceptors (Lipinski definition) is 5. The Kier molecular flexibility index (Phi) is 4.86. The van der Waals surface area contributed by atoms with Gasteiger partial charge in [0.25, 0.3) is 5.91 Å². The van der Waals surface area contributed by atoms with E-state index in [1.54, 1.807) is 0 Å². The Hall–Kier alpha value is -3.15. The minimum absolute atomic E-state index is 0.0875. The lowest BCUT2D eigenvalue weighted by Crippen LogP contribution is -2.49. The van der Waals surface area contributed by atoms with Crippen LogP contribution < -0.4 is 9.80 Å². The van der Waals surface area contributed by atoms with Crippen molar-refractivity contribution in [3.8, 4) is 0 Å². The fourth-order valence-electron chi connectivity index (χ4n) is 3.52. The lowest BCUT2D eigenvalue weighted by atomic mass is 10.1. The molecular weight excluding hydrogens is 350 g/mol. The van der Waals surface area contributed by atoms with Crippen LogP contribution in [0.25, 0.3) is 10.8 Å². The van der Waals surface area contributed by atoms with Crippen LogP contribution in [-0.2, 0) is 0 Å². The second-order valence-corrected chi connectivity index (χ2v) is 7.40. The number of aryl methyl sites for hydroxylation is 1. The van der Waals surface area contributed by atoms with Crippen molar-refractivity contribution in [1.82, 2.24) is 14.9 Å². The highest BCUT2D eigenvalue weighted by atomic mass is 16.2. The molecule has 0 unspecified atom stereocenters. The number of rotatable bonds is 3. The van der Waals surface area contributed by atoms with E-state index in [0.29, 0.717) is 13.1 Å². The highest BCUT2D eigenvalue weighted by Gasteiger charge is 2.24. The molecule has 28 heavy (non-hydrogen) atoms. The lowest BCUT2D eigenvalue weighted by molar-refractivity contribution is 0.0746. The third-order valence-electron chi connectivity index (χ3n) is 5.13. The molecule has 1 saturated heterocycles. The van der Waals surface area contributed by atoms with Crippen LogP contribution in [0.5, 0.6) is 0 Å². The molecule has 1 aromatic heterocycles. The van der Waals surface area contributed by atoms with E-state index in [2.05, 4.69) is 20.9 Å². The summed E-state index contributed by atoms with van der Waals surface area (Å²) in [6, 6.07) is 16.0. The summed E-state index contributed by atoms with van der Waals surface area (Å²) in [6.45, 7) is 4.78. The molecule has 0 bridgehead atoms. The summed E-state index contributed by atoms with van der Waals surface area (Å²) in [5, 5.41) is 2.24. The van der Waals surface area contributed by atoms with Crippen molar-refractivity contribution in [2.75, 3.05) is 50.1 Å². The van der Waals surface area contributed by atoms with Gasteiger partial charge in [0.05, 0.1) is 0 Å². The molecule has 144 valence electrons. The largest absolute Gasteiger partial charge is 0.363 e. The highest BCUT2D eigenvalue weighted by Crippen LogP contribution is 2.20. The van der Waals surface area contributed by atoms with Crippen molar-refractivity contribution in [3.63, 3.8) is 0 Å². The molecule has 0 N–H and O–H groups in total. The lowest BCUT2D eigenvalue weighted by Gasteiger charge is -2.35. The molecule has 2 heterocycles. The summed E-state index contributed by atoms with van der Waals surface area (Å²) < 4.78 is 0. The van der Waals surface area contributed by atoms with Gasteiger partial charge < -0.3 is 14.7 Å². The van der Waals surface area contributed by atoms with Gasteiger partial charge in [0.1, 0.15) is 5.82 Å². The fourth-order valence-corrected chi connectivity index (χ4v) is 3.52. The molecule has 3 aromatic rings. The zero-order valence-corrected chi connectivity index (χ0v) is 16.6. The Morgan fingerprint density at radius 3 is 2.36 bits per heavy atom. The summed E-state index contributed by atoms with van der Waals surface area (Å²) in [5.74, 6) is 1.73. The quantitative estimate of drug-likeness (QED) is 0.704. The van der Waals surface area contributed by atoms with Crippen LogP contribution in [0.4, 0.5) is 11.8 Å². The van der Waals surface area contributed by atoms with Gasteiger partial charge in [-0.15, -0.1) is 0 Å². The number of fused-ring (bicyclic) bond motifs is 1. The van der Waals surface area contributed by atoms with Gasteiger partial charge in [-0.25, -0.2) is 4.98 Å². The molecule has 0 atom stereocenters. The zero-order chi connectivity index (χ0) is 19.7. The molecule has 6 heteroatoms. The molecule has 1 amide bonds. The predicted octanol–water partition coefficient (Wildman–Crippen LogP) is 2.97. The van der Waals surface area contributed by atoms with Gasteiger partial charge in [-0.2, -0.15) is 4.98 Å². The van der Waals surface area contributed by atoms with Crippen molar-refractivity contribution < 1.29 is 4.79 Å². The standard InChI is InChI=1S/C22H25N5O/c1-16-14-20(25(2)3)24-22(23-16)27-12-10-26(11-13-27)21(28)19-9-8-17-6-4-5-7-18(17)15-19/h4-9,14-15H,10-13H2,1-3H3. The molecule has 0 saturated carbocycles. The summed E-state index contributed by atoms with van der Waals surface area (Å²) >= 11 is 0. The predicted molar refractivity (Wildman–Crippen MR) is 113 cm³/mol. The Balaban J connectivity index is 1.47. The smallest absolute Gasteiger partial charge is 0.253 e. The van der Waals surface area contributed by atoms with Crippen LogP contribution in [0.2, 0.25) is 0 Å². The van der Waals surface area contributed by atoms with Crippen LogP contribution >= 0.6 is 0 Å². The molecular formula is C22H25N5O. The van der Waals surface area contributed by atoms with E-state index in [0.717, 1.165) is 46.9 Å². The van der Waals surface area contributed by atoms with E-state index in [-0.39, 0.29) is 5.91 Å². The van der Waals surface area contributed by atoms with Crippen molar-refractivity contribution in [2.45, 2.75) is 6.92 Å². The van der Waals surface area contributed by atoms with Crippen molar-refractivity contribution in [2.24, 2.45) is 0 Å². The maximum Gasteiger partial charge on any atom is 0.253 e. The van der Waals surface area contributed by atoms with Gasteiger partial charge in [-0.3, -0.25) is 4.79 Å². The first kappa shape index (κ1) is 18.2. The Morgan fingerprint density at radius 2 is 1.64 bits per heavy atom. The molecule has 0 aliphatic carbocycles. The number of benzene rings is 2. The van der Waals surface area contributed by atoms with Crippen LogP contribution in [-0.4, -0.2) is 61.0 Å². The number of hydrogen-bond donors (Lipinski definition) is 0. The topological polar surface area (TPSA) is 52.6 Å². The number of carbonyl (C=O) groups excluding carboxylic acids is 1. The van der Waals surface area contributed by atoms with Gasteiger partial charge in [0.2, 0.25) is 5.95 Å². The van der Waals surface area contributed by atoms with E-state index >= 15 is 0 Å². The minimum Gasteiger partial charge on any atom is -0.363 e. The third kappa shape index (κ3) is 3.63. The van der Waals surface area contributed by atoms with E-state index in [1.807, 2.05) is 73.3 Å². The third-order valence-corrected chi connectivity index (χ3v) is 5.13. The first-order chi connectivity index (χ1) is 13.5. The summed E-state index contributed by atoms with van der Waals surface area (Å²) in [4.78, 5) is 28.3. The Bertz CT molecular complexity index is 1010. The minimum atomic E-state index is 0.0875. The number of amides is 1. The molecule has 0 radical (unpaired) electrons. The maximum atomic E-state index is 13.0. The van der Waals surface area contributed by atoms with E-state index in [9.17, 15) is 4.79 Å². The fraction of sp³-hybridized carbons (Fsp3) is 0.318. The summed E-state index contributed by atoms with van der Waals surface area (Å²) in [6.07, 6.45) is 0. The van der Waals surface area contributed by atoms with Crippen molar-refractivity contribution >= 4 is 28.4 Å². The number of carbonyl (C=O) groups is 1. The zero-order valence-electron chi connectivity index (χ0n) is 16.6. The number of piperazine rings is 1. The number of anilines is 2. The first-order valence-corrected chi connectivity index (χ1v) is 9.57.